The van der Waals surface area contributed by atoms with E-state index in [0.717, 1.165) is 23.1 Å². The summed E-state index contributed by atoms with van der Waals surface area (Å²) < 4.78 is 31.8. The van der Waals surface area contributed by atoms with Gasteiger partial charge in [0.2, 0.25) is 21.8 Å². The lowest BCUT2D eigenvalue weighted by molar-refractivity contribution is -0.140. The van der Waals surface area contributed by atoms with Gasteiger partial charge >= 0.3 is 0 Å². The second-order valence-electron chi connectivity index (χ2n) is 9.52. The zero-order valence-corrected chi connectivity index (χ0v) is 23.9. The van der Waals surface area contributed by atoms with E-state index in [2.05, 4.69) is 5.32 Å². The number of aryl methyl sites for hydroxylation is 1. The fourth-order valence-electron chi connectivity index (χ4n) is 3.96. The van der Waals surface area contributed by atoms with Gasteiger partial charge in [0.15, 0.2) is 0 Å². The Hall–Kier alpha value is -3.07. The maximum atomic E-state index is 13.4. The molecule has 2 unspecified atom stereocenters. The Morgan fingerprint density at radius 2 is 1.70 bits per heavy atom. The zero-order chi connectivity index (χ0) is 27.8. The molecule has 0 aliphatic rings. The van der Waals surface area contributed by atoms with Gasteiger partial charge in [-0.05, 0) is 75.4 Å². The largest absolute Gasteiger partial charge is 0.497 e. The molecule has 0 aromatic heterocycles. The molecule has 9 heteroatoms. The lowest BCUT2D eigenvalue weighted by Crippen LogP contribution is -2.49. The molecule has 8 nitrogen and oxygen atoms in total. The van der Waals surface area contributed by atoms with Crippen LogP contribution in [0.4, 0.5) is 5.69 Å². The van der Waals surface area contributed by atoms with Crippen molar-refractivity contribution in [2.75, 3.05) is 24.2 Å². The molecule has 0 bridgehead atoms. The minimum atomic E-state index is -3.54. The molecule has 0 heterocycles. The molecule has 2 rings (SSSR count). The second-order valence-corrected chi connectivity index (χ2v) is 11.4. The molecule has 0 aliphatic heterocycles. The molecular formula is C28H41N3O5S. The van der Waals surface area contributed by atoms with Gasteiger partial charge in [-0.2, -0.15) is 0 Å². The van der Waals surface area contributed by atoms with Crippen LogP contribution in [-0.4, -0.2) is 57.1 Å². The van der Waals surface area contributed by atoms with E-state index in [1.165, 1.54) is 10.6 Å². The molecule has 1 N–H and O–H groups in total. The Bertz CT molecular complexity index is 1160. The van der Waals surface area contributed by atoms with Gasteiger partial charge in [-0.25, -0.2) is 8.42 Å². The molecule has 0 saturated carbocycles. The van der Waals surface area contributed by atoms with Crippen LogP contribution in [0.3, 0.4) is 0 Å². The summed E-state index contributed by atoms with van der Waals surface area (Å²) in [7, 11) is -1.96. The van der Waals surface area contributed by atoms with Crippen molar-refractivity contribution in [1.82, 2.24) is 10.2 Å². The molecule has 0 spiro atoms. The van der Waals surface area contributed by atoms with Gasteiger partial charge in [0.05, 0.1) is 19.1 Å². The molecule has 2 aromatic carbocycles. The number of methoxy groups -OCH3 is 1. The van der Waals surface area contributed by atoms with E-state index >= 15 is 0 Å². The lowest BCUT2D eigenvalue weighted by atomic mass is 10.1. The monoisotopic (exact) mass is 531 g/mol. The number of hydrogen-bond acceptors (Lipinski definition) is 5. The summed E-state index contributed by atoms with van der Waals surface area (Å²) in [5, 5.41) is 2.96. The predicted octanol–water partition coefficient (Wildman–Crippen LogP) is 4.19. The number of carbonyl (C=O) groups excluding carboxylic acids is 2. The van der Waals surface area contributed by atoms with Gasteiger partial charge in [0, 0.05) is 25.6 Å². The van der Waals surface area contributed by atoms with Crippen molar-refractivity contribution in [2.45, 2.75) is 72.5 Å². The standard InChI is InChI=1S/C28H41N3O5S/c1-8-21(3)29-28(33)23(5)30(19-24-14-16-25(36-6)17-15-24)27(32)13-10-18-31(37(7,34)35)26-12-9-11-20(2)22(26)4/h9,11-12,14-17,21,23H,8,10,13,18-19H2,1-7H3,(H,29,33). The summed E-state index contributed by atoms with van der Waals surface area (Å²) in [6.07, 6.45) is 2.38. The molecule has 37 heavy (non-hydrogen) atoms. The van der Waals surface area contributed by atoms with Gasteiger partial charge in [0.1, 0.15) is 11.8 Å². The molecular weight excluding hydrogens is 490 g/mol. The van der Waals surface area contributed by atoms with Crippen molar-refractivity contribution in [2.24, 2.45) is 0 Å². The van der Waals surface area contributed by atoms with E-state index in [1.54, 1.807) is 25.0 Å². The number of hydrogen-bond donors (Lipinski definition) is 1. The Morgan fingerprint density at radius 1 is 1.05 bits per heavy atom. The summed E-state index contributed by atoms with van der Waals surface area (Å²) in [6, 6.07) is 12.2. The second kappa shape index (κ2) is 13.5. The van der Waals surface area contributed by atoms with Crippen molar-refractivity contribution < 1.29 is 22.7 Å². The average Bonchev–Trinajstić information content (AvgIpc) is 2.86. The van der Waals surface area contributed by atoms with Gasteiger partial charge in [0.25, 0.3) is 0 Å². The third-order valence-electron chi connectivity index (χ3n) is 6.68. The van der Waals surface area contributed by atoms with E-state index < -0.39 is 16.1 Å². The summed E-state index contributed by atoms with van der Waals surface area (Å²) in [6.45, 7) is 9.88. The third-order valence-corrected chi connectivity index (χ3v) is 7.86. The highest BCUT2D eigenvalue weighted by Gasteiger charge is 2.27. The Balaban J connectivity index is 2.21. The average molecular weight is 532 g/mol. The summed E-state index contributed by atoms with van der Waals surface area (Å²) in [4.78, 5) is 27.9. The van der Waals surface area contributed by atoms with Crippen LogP contribution >= 0.6 is 0 Å². The quantitative estimate of drug-likeness (QED) is 0.418. The van der Waals surface area contributed by atoms with E-state index in [-0.39, 0.29) is 37.4 Å². The molecule has 2 amide bonds. The maximum Gasteiger partial charge on any atom is 0.242 e. The molecule has 204 valence electrons. The first-order valence-corrected chi connectivity index (χ1v) is 14.5. The maximum absolute atomic E-state index is 13.4. The minimum absolute atomic E-state index is 0.00576. The smallest absolute Gasteiger partial charge is 0.242 e. The van der Waals surface area contributed by atoms with Gasteiger partial charge < -0.3 is 15.0 Å². The number of benzene rings is 2. The van der Waals surface area contributed by atoms with Crippen LogP contribution in [0.5, 0.6) is 5.75 Å². The van der Waals surface area contributed by atoms with Crippen LogP contribution in [-0.2, 0) is 26.2 Å². The summed E-state index contributed by atoms with van der Waals surface area (Å²) in [5.41, 5.74) is 3.36. The normalized spacial score (nSPS) is 12.9. The number of sulfonamides is 1. The number of anilines is 1. The highest BCUT2D eigenvalue weighted by atomic mass is 32.2. The molecule has 2 aromatic rings. The number of nitrogens with zero attached hydrogens (tertiary/aromatic N) is 2. The minimum Gasteiger partial charge on any atom is -0.497 e. The Kier molecular flexibility index (Phi) is 11.0. The van der Waals surface area contributed by atoms with Crippen molar-refractivity contribution >= 4 is 27.5 Å². The molecule has 0 fully saturated rings. The lowest BCUT2D eigenvalue weighted by Gasteiger charge is -2.30. The fourth-order valence-corrected chi connectivity index (χ4v) is 4.98. The summed E-state index contributed by atoms with van der Waals surface area (Å²) in [5.74, 6) is 0.276. The van der Waals surface area contributed by atoms with Gasteiger partial charge in [-0.15, -0.1) is 0 Å². The number of carbonyl (C=O) groups is 2. The SMILES string of the molecule is CCC(C)NC(=O)C(C)N(Cc1ccc(OC)cc1)C(=O)CCCN(c1cccc(C)c1C)S(C)(=O)=O. The van der Waals surface area contributed by atoms with E-state index in [9.17, 15) is 18.0 Å². The molecule has 0 radical (unpaired) electrons. The number of rotatable bonds is 13. The summed E-state index contributed by atoms with van der Waals surface area (Å²) >= 11 is 0. The van der Waals surface area contributed by atoms with Crippen LogP contribution in [0, 0.1) is 13.8 Å². The van der Waals surface area contributed by atoms with Crippen molar-refractivity contribution in [3.05, 3.63) is 59.2 Å². The molecule has 0 aliphatic carbocycles. The first-order chi connectivity index (χ1) is 17.4. The third kappa shape index (κ3) is 8.49. The van der Waals surface area contributed by atoms with Gasteiger partial charge in [-0.1, -0.05) is 31.2 Å². The highest BCUT2D eigenvalue weighted by Crippen LogP contribution is 2.25. The van der Waals surface area contributed by atoms with Crippen molar-refractivity contribution in [1.29, 1.82) is 0 Å². The molecule has 2 atom stereocenters. The molecule has 0 saturated heterocycles. The van der Waals surface area contributed by atoms with Crippen LogP contribution < -0.4 is 14.4 Å². The Morgan fingerprint density at radius 3 is 2.27 bits per heavy atom. The number of amides is 2. The topological polar surface area (TPSA) is 96.0 Å². The number of nitrogens with one attached hydrogen (secondary N) is 1. The first-order valence-electron chi connectivity index (χ1n) is 12.7. The van der Waals surface area contributed by atoms with E-state index in [4.69, 9.17) is 4.74 Å². The van der Waals surface area contributed by atoms with Crippen LogP contribution in [0.2, 0.25) is 0 Å². The zero-order valence-electron chi connectivity index (χ0n) is 23.1. The Labute approximate surface area is 222 Å². The van der Waals surface area contributed by atoms with Crippen LogP contribution in [0.15, 0.2) is 42.5 Å². The van der Waals surface area contributed by atoms with Gasteiger partial charge in [-0.3, -0.25) is 13.9 Å². The van der Waals surface area contributed by atoms with E-state index in [0.29, 0.717) is 17.9 Å². The van der Waals surface area contributed by atoms with Crippen molar-refractivity contribution in [3.63, 3.8) is 0 Å². The van der Waals surface area contributed by atoms with Crippen LogP contribution in [0.25, 0.3) is 0 Å². The van der Waals surface area contributed by atoms with Crippen molar-refractivity contribution in [3.8, 4) is 5.75 Å². The number of ether oxygens (including phenoxy) is 1. The predicted molar refractivity (Wildman–Crippen MR) is 148 cm³/mol. The fraction of sp³-hybridized carbons (Fsp3) is 0.500. The van der Waals surface area contributed by atoms with Crippen LogP contribution in [0.1, 0.15) is 56.7 Å². The first kappa shape index (κ1) is 30.2. The van der Waals surface area contributed by atoms with E-state index in [1.807, 2.05) is 64.1 Å². The highest BCUT2D eigenvalue weighted by molar-refractivity contribution is 7.92.